The molecule has 0 spiro atoms. The van der Waals surface area contributed by atoms with Gasteiger partial charge in [-0.3, -0.25) is 9.59 Å². The molecule has 5 nitrogen and oxygen atoms in total. The Morgan fingerprint density at radius 1 is 1.28 bits per heavy atom. The van der Waals surface area contributed by atoms with Gasteiger partial charge in [0.25, 0.3) is 0 Å². The van der Waals surface area contributed by atoms with Crippen LogP contribution in [0.25, 0.3) is 0 Å². The predicted molar refractivity (Wildman–Crippen MR) is 69.1 cm³/mol. The smallest absolute Gasteiger partial charge is 0.242 e. The van der Waals surface area contributed by atoms with Crippen LogP contribution in [0.15, 0.2) is 0 Å². The van der Waals surface area contributed by atoms with Crippen LogP contribution in [0.4, 0.5) is 0 Å². The van der Waals surface area contributed by atoms with E-state index in [1.165, 1.54) is 6.42 Å². The number of carbonyl (C=O) groups is 2. The van der Waals surface area contributed by atoms with E-state index in [4.69, 9.17) is 0 Å². The lowest BCUT2D eigenvalue weighted by Gasteiger charge is -2.34. The average molecular weight is 253 g/mol. The fourth-order valence-corrected chi connectivity index (χ4v) is 2.67. The lowest BCUT2D eigenvalue weighted by Crippen LogP contribution is -2.57. The van der Waals surface area contributed by atoms with Crippen LogP contribution < -0.4 is 5.32 Å². The van der Waals surface area contributed by atoms with E-state index < -0.39 is 0 Å². The first-order chi connectivity index (χ1) is 8.72. The van der Waals surface area contributed by atoms with Gasteiger partial charge in [0.05, 0.1) is 12.6 Å². The Labute approximate surface area is 108 Å². The third-order valence-electron chi connectivity index (χ3n) is 3.83. The average Bonchev–Trinajstić information content (AvgIpc) is 2.42. The molecular weight excluding hydrogens is 230 g/mol. The molecule has 0 radical (unpaired) electrons. The summed E-state index contributed by atoms with van der Waals surface area (Å²) in [5.41, 5.74) is 0. The van der Waals surface area contributed by atoms with E-state index in [-0.39, 0.29) is 24.4 Å². The fourth-order valence-electron chi connectivity index (χ4n) is 2.67. The molecule has 2 aliphatic rings. The molecule has 1 atom stereocenters. The van der Waals surface area contributed by atoms with E-state index in [0.29, 0.717) is 6.54 Å². The van der Waals surface area contributed by atoms with Crippen molar-refractivity contribution < 1.29 is 9.59 Å². The zero-order chi connectivity index (χ0) is 13.0. The zero-order valence-electron chi connectivity index (χ0n) is 11.2. The molecule has 0 aromatic carbocycles. The van der Waals surface area contributed by atoms with Gasteiger partial charge in [0.2, 0.25) is 11.8 Å². The van der Waals surface area contributed by atoms with E-state index in [1.54, 1.807) is 4.90 Å². The molecule has 1 N–H and O–H groups in total. The number of likely N-dealkylation sites (tertiary alicyclic amines) is 1. The molecule has 2 amide bonds. The maximum absolute atomic E-state index is 12.1. The molecule has 102 valence electrons. The summed E-state index contributed by atoms with van der Waals surface area (Å²) in [6.07, 6.45) is 4.19. The van der Waals surface area contributed by atoms with Crippen LogP contribution in [0.1, 0.15) is 32.6 Å². The molecule has 2 rings (SSSR count). The Morgan fingerprint density at radius 2 is 2.00 bits per heavy atom. The van der Waals surface area contributed by atoms with Crippen molar-refractivity contribution in [1.82, 2.24) is 15.1 Å². The van der Waals surface area contributed by atoms with Crippen molar-refractivity contribution in [1.29, 1.82) is 0 Å². The second-order valence-corrected chi connectivity index (χ2v) is 5.12. The predicted octanol–water partition coefficient (Wildman–Crippen LogP) is 0.209. The number of piperazine rings is 1. The normalized spacial score (nSPS) is 25.4. The highest BCUT2D eigenvalue weighted by Gasteiger charge is 2.29. The number of nitrogens with zero attached hydrogens (tertiary/aromatic N) is 2. The highest BCUT2D eigenvalue weighted by molar-refractivity contribution is 5.88. The molecule has 1 unspecified atom stereocenters. The molecule has 0 aromatic heterocycles. The molecule has 0 aromatic rings. The molecule has 2 aliphatic heterocycles. The van der Waals surface area contributed by atoms with Gasteiger partial charge in [-0.05, 0) is 25.7 Å². The van der Waals surface area contributed by atoms with Gasteiger partial charge in [-0.1, -0.05) is 6.92 Å². The van der Waals surface area contributed by atoms with Crippen molar-refractivity contribution in [3.05, 3.63) is 0 Å². The summed E-state index contributed by atoms with van der Waals surface area (Å²) in [4.78, 5) is 27.8. The molecule has 18 heavy (non-hydrogen) atoms. The van der Waals surface area contributed by atoms with Gasteiger partial charge in [-0.2, -0.15) is 0 Å². The van der Waals surface area contributed by atoms with E-state index in [1.807, 2.05) is 11.8 Å². The number of rotatable bonds is 3. The summed E-state index contributed by atoms with van der Waals surface area (Å²) in [6, 6.07) is -0.104. The van der Waals surface area contributed by atoms with Crippen molar-refractivity contribution >= 4 is 11.8 Å². The molecule has 2 heterocycles. The number of hydrogen-bond acceptors (Lipinski definition) is 3. The first-order valence-corrected chi connectivity index (χ1v) is 7.02. The third-order valence-corrected chi connectivity index (χ3v) is 3.83. The number of hydrogen-bond donors (Lipinski definition) is 1. The van der Waals surface area contributed by atoms with Crippen molar-refractivity contribution in [2.24, 2.45) is 0 Å². The van der Waals surface area contributed by atoms with E-state index in [9.17, 15) is 9.59 Å². The molecule has 0 bridgehead atoms. The SMILES string of the molecule is CCC1NCCN(CC(=O)N2CCCCC2)C1=O. The van der Waals surface area contributed by atoms with Crippen LogP contribution in [0.3, 0.4) is 0 Å². The second-order valence-electron chi connectivity index (χ2n) is 5.12. The van der Waals surface area contributed by atoms with Crippen LogP contribution in [0, 0.1) is 0 Å². The number of nitrogens with one attached hydrogen (secondary N) is 1. The lowest BCUT2D eigenvalue weighted by atomic mass is 10.1. The number of amides is 2. The first-order valence-electron chi connectivity index (χ1n) is 7.02. The summed E-state index contributed by atoms with van der Waals surface area (Å²) >= 11 is 0. The Balaban J connectivity index is 1.87. The number of piperidine rings is 1. The quantitative estimate of drug-likeness (QED) is 0.782. The standard InChI is InChI=1S/C13H23N3O2/c1-2-11-13(18)16(9-6-14-11)10-12(17)15-7-4-3-5-8-15/h11,14H,2-10H2,1H3. The summed E-state index contributed by atoms with van der Waals surface area (Å²) in [7, 11) is 0. The van der Waals surface area contributed by atoms with Crippen LogP contribution in [0.2, 0.25) is 0 Å². The van der Waals surface area contributed by atoms with Crippen molar-refractivity contribution in [2.75, 3.05) is 32.7 Å². The van der Waals surface area contributed by atoms with E-state index >= 15 is 0 Å². The number of carbonyl (C=O) groups excluding carboxylic acids is 2. The molecule has 2 fully saturated rings. The second kappa shape index (κ2) is 6.18. The maximum Gasteiger partial charge on any atom is 0.242 e. The Kier molecular flexibility index (Phi) is 4.58. The Hall–Kier alpha value is -1.10. The summed E-state index contributed by atoms with van der Waals surface area (Å²) in [5, 5.41) is 3.19. The van der Waals surface area contributed by atoms with Crippen molar-refractivity contribution in [2.45, 2.75) is 38.6 Å². The maximum atomic E-state index is 12.1. The summed E-state index contributed by atoms with van der Waals surface area (Å²) < 4.78 is 0. The van der Waals surface area contributed by atoms with Gasteiger partial charge in [0.1, 0.15) is 0 Å². The Morgan fingerprint density at radius 3 is 2.67 bits per heavy atom. The monoisotopic (exact) mass is 253 g/mol. The zero-order valence-corrected chi connectivity index (χ0v) is 11.2. The molecule has 0 saturated carbocycles. The van der Waals surface area contributed by atoms with Crippen LogP contribution in [-0.4, -0.2) is 60.4 Å². The van der Waals surface area contributed by atoms with Crippen molar-refractivity contribution in [3.63, 3.8) is 0 Å². The van der Waals surface area contributed by atoms with Crippen molar-refractivity contribution in [3.8, 4) is 0 Å². The minimum Gasteiger partial charge on any atom is -0.341 e. The van der Waals surface area contributed by atoms with Gasteiger partial charge >= 0.3 is 0 Å². The fraction of sp³-hybridized carbons (Fsp3) is 0.846. The van der Waals surface area contributed by atoms with Crippen LogP contribution >= 0.6 is 0 Å². The van der Waals surface area contributed by atoms with Gasteiger partial charge in [0.15, 0.2) is 0 Å². The van der Waals surface area contributed by atoms with Gasteiger partial charge in [-0.15, -0.1) is 0 Å². The third kappa shape index (κ3) is 3.02. The largest absolute Gasteiger partial charge is 0.341 e. The van der Waals surface area contributed by atoms with Crippen LogP contribution in [-0.2, 0) is 9.59 Å². The molecule has 0 aliphatic carbocycles. The summed E-state index contributed by atoms with van der Waals surface area (Å²) in [6.45, 7) is 5.40. The lowest BCUT2D eigenvalue weighted by molar-refractivity contribution is -0.143. The van der Waals surface area contributed by atoms with E-state index in [2.05, 4.69) is 5.32 Å². The molecule has 2 saturated heterocycles. The van der Waals surface area contributed by atoms with Crippen LogP contribution in [0.5, 0.6) is 0 Å². The van der Waals surface area contributed by atoms with Gasteiger partial charge in [-0.25, -0.2) is 0 Å². The highest BCUT2D eigenvalue weighted by Crippen LogP contribution is 2.10. The minimum atomic E-state index is -0.104. The molecular formula is C13H23N3O2. The Bertz CT molecular complexity index is 313. The summed E-state index contributed by atoms with van der Waals surface area (Å²) in [5.74, 6) is 0.189. The van der Waals surface area contributed by atoms with E-state index in [0.717, 1.165) is 38.9 Å². The first kappa shape index (κ1) is 13.3. The van der Waals surface area contributed by atoms with Gasteiger partial charge < -0.3 is 15.1 Å². The van der Waals surface area contributed by atoms with Gasteiger partial charge in [0, 0.05) is 26.2 Å². The minimum absolute atomic E-state index is 0.0779. The topological polar surface area (TPSA) is 52.7 Å². The highest BCUT2D eigenvalue weighted by atomic mass is 16.2. The molecule has 5 heteroatoms.